The molecule has 1 aliphatic carbocycles. The first-order chi connectivity index (χ1) is 4.54. The van der Waals surface area contributed by atoms with Crippen molar-refractivity contribution in [3.63, 3.8) is 0 Å². The first-order valence-electron chi connectivity index (χ1n) is 3.58. The van der Waals surface area contributed by atoms with Gasteiger partial charge in [0.25, 0.3) is 5.92 Å². The van der Waals surface area contributed by atoms with E-state index in [1.807, 2.05) is 0 Å². The van der Waals surface area contributed by atoms with Crippen LogP contribution in [0.1, 0.15) is 19.3 Å². The lowest BCUT2D eigenvalue weighted by atomic mass is 10.2. The zero-order valence-electron chi connectivity index (χ0n) is 6.40. The summed E-state index contributed by atoms with van der Waals surface area (Å²) in [5.74, 6) is -2.44. The molecule has 3 heteroatoms. The quantitative estimate of drug-likeness (QED) is 0.549. The van der Waals surface area contributed by atoms with Crippen LogP contribution in [-0.2, 0) is 0 Å². The summed E-state index contributed by atoms with van der Waals surface area (Å²) >= 11 is 0. The van der Waals surface area contributed by atoms with E-state index in [0.29, 0.717) is 12.8 Å². The molecule has 1 fully saturated rings. The van der Waals surface area contributed by atoms with Gasteiger partial charge in [0.1, 0.15) is 0 Å². The van der Waals surface area contributed by atoms with Crippen LogP contribution in [0.25, 0.3) is 0 Å². The number of alkyl halides is 2. The summed E-state index contributed by atoms with van der Waals surface area (Å²) in [6.07, 6.45) is 1.37. The van der Waals surface area contributed by atoms with Gasteiger partial charge >= 0.3 is 0 Å². The van der Waals surface area contributed by atoms with Gasteiger partial charge < -0.3 is 4.90 Å². The summed E-state index contributed by atoms with van der Waals surface area (Å²) < 4.78 is 25.6. The van der Waals surface area contributed by atoms with Gasteiger partial charge in [-0.1, -0.05) is 0 Å². The number of halogens is 2. The molecule has 0 aromatic rings. The van der Waals surface area contributed by atoms with Crippen LogP contribution >= 0.6 is 0 Å². The van der Waals surface area contributed by atoms with Crippen molar-refractivity contribution in [1.29, 1.82) is 0 Å². The second-order valence-corrected chi connectivity index (χ2v) is 3.13. The maximum Gasteiger partial charge on any atom is 0.263 e. The smallest absolute Gasteiger partial charge is 0.263 e. The fourth-order valence-electron chi connectivity index (χ4n) is 1.54. The fraction of sp³-hybridized carbons (Fsp3) is 1.00. The van der Waals surface area contributed by atoms with Crippen LogP contribution in [0.2, 0.25) is 0 Å². The maximum absolute atomic E-state index is 12.8. The normalized spacial score (nSPS) is 31.5. The average Bonchev–Trinajstić information content (AvgIpc) is 2.08. The summed E-state index contributed by atoms with van der Waals surface area (Å²) in [6, 6.07) is -0.521. The van der Waals surface area contributed by atoms with Crippen LogP contribution in [0.15, 0.2) is 0 Å². The van der Waals surface area contributed by atoms with E-state index in [-0.39, 0.29) is 6.42 Å². The summed E-state index contributed by atoms with van der Waals surface area (Å²) in [5, 5.41) is 0. The zero-order chi connectivity index (χ0) is 7.78. The molecule has 0 radical (unpaired) electrons. The molecule has 10 heavy (non-hydrogen) atoms. The van der Waals surface area contributed by atoms with Gasteiger partial charge in [-0.25, -0.2) is 8.78 Å². The van der Waals surface area contributed by atoms with E-state index < -0.39 is 12.0 Å². The lowest BCUT2D eigenvalue weighted by Gasteiger charge is -2.25. The highest BCUT2D eigenvalue weighted by molar-refractivity contribution is 4.89. The Labute approximate surface area is 60.0 Å². The Morgan fingerprint density at radius 3 is 2.20 bits per heavy atom. The lowest BCUT2D eigenvalue weighted by molar-refractivity contribution is -0.0482. The second-order valence-electron chi connectivity index (χ2n) is 3.13. The third kappa shape index (κ3) is 1.29. The molecular formula is C7H13F2N. The molecule has 0 aromatic heterocycles. The fourth-order valence-corrected chi connectivity index (χ4v) is 1.54. The van der Waals surface area contributed by atoms with Crippen molar-refractivity contribution in [2.75, 3.05) is 14.1 Å². The third-order valence-electron chi connectivity index (χ3n) is 2.10. The number of hydrogen-bond donors (Lipinski definition) is 0. The molecule has 1 nitrogen and oxygen atoms in total. The van der Waals surface area contributed by atoms with Crippen LogP contribution in [0.4, 0.5) is 8.78 Å². The number of nitrogens with zero attached hydrogens (tertiary/aromatic N) is 1. The molecule has 0 amide bonds. The van der Waals surface area contributed by atoms with Crippen molar-refractivity contribution >= 4 is 0 Å². The minimum Gasteiger partial charge on any atom is -0.301 e. The molecular weight excluding hydrogens is 136 g/mol. The number of rotatable bonds is 1. The van der Waals surface area contributed by atoms with Crippen molar-refractivity contribution in [3.05, 3.63) is 0 Å². The van der Waals surface area contributed by atoms with Crippen LogP contribution in [0, 0.1) is 0 Å². The van der Waals surface area contributed by atoms with Gasteiger partial charge in [0.15, 0.2) is 0 Å². The largest absolute Gasteiger partial charge is 0.301 e. The van der Waals surface area contributed by atoms with Gasteiger partial charge in [-0.05, 0) is 26.9 Å². The van der Waals surface area contributed by atoms with Gasteiger partial charge in [0, 0.05) is 6.42 Å². The average molecular weight is 149 g/mol. The van der Waals surface area contributed by atoms with E-state index in [1.54, 1.807) is 19.0 Å². The third-order valence-corrected chi connectivity index (χ3v) is 2.10. The minimum atomic E-state index is -2.44. The predicted molar refractivity (Wildman–Crippen MR) is 36.3 cm³/mol. The van der Waals surface area contributed by atoms with Gasteiger partial charge in [0.2, 0.25) is 0 Å². The van der Waals surface area contributed by atoms with Gasteiger partial charge in [-0.2, -0.15) is 0 Å². The maximum atomic E-state index is 12.8. The molecule has 0 saturated heterocycles. The van der Waals surface area contributed by atoms with E-state index in [0.717, 1.165) is 0 Å². The monoisotopic (exact) mass is 149 g/mol. The number of hydrogen-bond acceptors (Lipinski definition) is 1. The van der Waals surface area contributed by atoms with Crippen molar-refractivity contribution in [2.45, 2.75) is 31.2 Å². The van der Waals surface area contributed by atoms with Crippen molar-refractivity contribution in [1.82, 2.24) is 4.90 Å². The summed E-state index contributed by atoms with van der Waals surface area (Å²) in [6.45, 7) is 0. The Balaban J connectivity index is 2.59. The topological polar surface area (TPSA) is 3.24 Å². The van der Waals surface area contributed by atoms with Crippen molar-refractivity contribution < 1.29 is 8.78 Å². The molecule has 1 rings (SSSR count). The van der Waals surface area contributed by atoms with Crippen molar-refractivity contribution in [3.8, 4) is 0 Å². The first kappa shape index (κ1) is 7.92. The highest BCUT2D eigenvalue weighted by atomic mass is 19.3. The standard InChI is InChI=1S/C7H13F2N/c1-10(2)6-4-3-5-7(6,8)9/h6H,3-5H2,1-2H3. The molecule has 0 N–H and O–H groups in total. The first-order valence-corrected chi connectivity index (χ1v) is 3.58. The van der Waals surface area contributed by atoms with E-state index in [4.69, 9.17) is 0 Å². The molecule has 0 spiro atoms. The van der Waals surface area contributed by atoms with Gasteiger partial charge in [-0.3, -0.25) is 0 Å². The summed E-state index contributed by atoms with van der Waals surface area (Å²) in [7, 11) is 3.42. The molecule has 0 aliphatic heterocycles. The van der Waals surface area contributed by atoms with Crippen LogP contribution in [0.3, 0.4) is 0 Å². The Hall–Kier alpha value is -0.180. The van der Waals surface area contributed by atoms with E-state index in [1.165, 1.54) is 0 Å². The van der Waals surface area contributed by atoms with E-state index >= 15 is 0 Å². The van der Waals surface area contributed by atoms with E-state index in [9.17, 15) is 8.78 Å². The molecule has 0 heterocycles. The Kier molecular flexibility index (Phi) is 1.95. The van der Waals surface area contributed by atoms with Gasteiger partial charge in [0.05, 0.1) is 6.04 Å². The summed E-state index contributed by atoms with van der Waals surface area (Å²) in [5.41, 5.74) is 0. The second kappa shape index (κ2) is 2.46. The zero-order valence-corrected chi connectivity index (χ0v) is 6.40. The molecule has 0 aromatic carbocycles. The highest BCUT2D eigenvalue weighted by Gasteiger charge is 2.44. The molecule has 1 atom stereocenters. The van der Waals surface area contributed by atoms with Crippen molar-refractivity contribution in [2.24, 2.45) is 0 Å². The minimum absolute atomic E-state index is 0.0653. The Bertz CT molecular complexity index is 123. The van der Waals surface area contributed by atoms with Gasteiger partial charge in [-0.15, -0.1) is 0 Å². The lowest BCUT2D eigenvalue weighted by Crippen LogP contribution is -2.39. The Morgan fingerprint density at radius 1 is 1.40 bits per heavy atom. The van der Waals surface area contributed by atoms with Crippen LogP contribution in [0.5, 0.6) is 0 Å². The molecule has 1 unspecified atom stereocenters. The predicted octanol–water partition coefficient (Wildman–Crippen LogP) is 1.74. The summed E-state index contributed by atoms with van der Waals surface area (Å²) in [4.78, 5) is 1.62. The van der Waals surface area contributed by atoms with Crippen LogP contribution in [-0.4, -0.2) is 31.0 Å². The molecule has 1 aliphatic rings. The molecule has 1 saturated carbocycles. The molecule has 0 bridgehead atoms. The highest BCUT2D eigenvalue weighted by Crippen LogP contribution is 2.37. The molecule has 60 valence electrons. The Morgan fingerprint density at radius 2 is 2.00 bits per heavy atom. The van der Waals surface area contributed by atoms with Crippen LogP contribution < -0.4 is 0 Å². The SMILES string of the molecule is CN(C)C1CCCC1(F)F. The van der Waals surface area contributed by atoms with E-state index in [2.05, 4.69) is 0 Å².